The van der Waals surface area contributed by atoms with Crippen molar-refractivity contribution in [2.75, 3.05) is 18.5 Å². The molecule has 2 nitrogen and oxygen atoms in total. The molecule has 17 heavy (non-hydrogen) atoms. The van der Waals surface area contributed by atoms with E-state index in [9.17, 15) is 4.39 Å². The van der Waals surface area contributed by atoms with Gasteiger partial charge in [0.05, 0.1) is 11.8 Å². The summed E-state index contributed by atoms with van der Waals surface area (Å²) in [5, 5.41) is 3.17. The van der Waals surface area contributed by atoms with Gasteiger partial charge in [-0.05, 0) is 44.2 Å². The van der Waals surface area contributed by atoms with Crippen LogP contribution in [0.1, 0.15) is 31.2 Å². The highest BCUT2D eigenvalue weighted by Gasteiger charge is 2.14. The van der Waals surface area contributed by atoms with Crippen LogP contribution in [0, 0.1) is 12.7 Å². The lowest BCUT2D eigenvalue weighted by Gasteiger charge is -2.12. The monoisotopic (exact) mass is 237 g/mol. The summed E-state index contributed by atoms with van der Waals surface area (Å²) < 4.78 is 19.0. The summed E-state index contributed by atoms with van der Waals surface area (Å²) in [4.78, 5) is 0. The van der Waals surface area contributed by atoms with Crippen LogP contribution in [-0.2, 0) is 4.74 Å². The molecule has 94 valence electrons. The number of benzene rings is 1. The Morgan fingerprint density at radius 3 is 3.06 bits per heavy atom. The molecule has 0 saturated carbocycles. The van der Waals surface area contributed by atoms with Gasteiger partial charge in [-0.25, -0.2) is 4.39 Å². The Balaban J connectivity index is 1.74. The highest BCUT2D eigenvalue weighted by molar-refractivity contribution is 5.51. The van der Waals surface area contributed by atoms with Crippen LogP contribution in [0.2, 0.25) is 0 Å². The topological polar surface area (TPSA) is 21.3 Å². The number of aryl methyl sites for hydroxylation is 1. The summed E-state index contributed by atoms with van der Waals surface area (Å²) in [5.74, 6) is -0.165. The molecule has 1 saturated heterocycles. The first-order valence-electron chi connectivity index (χ1n) is 6.38. The molecule has 1 unspecified atom stereocenters. The molecule has 0 spiro atoms. The lowest BCUT2D eigenvalue weighted by Crippen LogP contribution is -2.10. The van der Waals surface area contributed by atoms with Crippen molar-refractivity contribution in [1.82, 2.24) is 0 Å². The third kappa shape index (κ3) is 3.43. The Kier molecular flexibility index (Phi) is 4.37. The Bertz CT molecular complexity index is 341. The number of hydrogen-bond acceptors (Lipinski definition) is 2. The summed E-state index contributed by atoms with van der Waals surface area (Å²) in [6.45, 7) is 3.64. The number of anilines is 1. The molecular formula is C14H20FNO. The molecule has 0 aliphatic carbocycles. The molecule has 0 radical (unpaired) electrons. The number of nitrogens with one attached hydrogen (secondary N) is 1. The van der Waals surface area contributed by atoms with Crippen molar-refractivity contribution in [3.8, 4) is 0 Å². The molecule has 1 aliphatic heterocycles. The fourth-order valence-corrected chi connectivity index (χ4v) is 2.27. The Labute approximate surface area is 102 Å². The van der Waals surface area contributed by atoms with E-state index in [4.69, 9.17) is 4.74 Å². The van der Waals surface area contributed by atoms with E-state index in [1.165, 1.54) is 18.9 Å². The molecule has 1 fully saturated rings. The maximum Gasteiger partial charge on any atom is 0.146 e. The summed E-state index contributed by atoms with van der Waals surface area (Å²) in [5.41, 5.74) is 1.60. The third-order valence-electron chi connectivity index (χ3n) is 3.25. The van der Waals surface area contributed by atoms with Crippen LogP contribution in [0.4, 0.5) is 10.1 Å². The van der Waals surface area contributed by atoms with Gasteiger partial charge in [0.1, 0.15) is 5.82 Å². The average Bonchev–Trinajstić information content (AvgIpc) is 2.80. The fourth-order valence-electron chi connectivity index (χ4n) is 2.27. The standard InChI is InChI=1S/C14H20FNO/c1-11-5-2-8-13(15)14(11)16-9-3-6-12-7-4-10-17-12/h2,5,8,12,16H,3-4,6-7,9-10H2,1H3. The second-order valence-corrected chi connectivity index (χ2v) is 4.64. The molecule has 1 heterocycles. The van der Waals surface area contributed by atoms with Gasteiger partial charge in [0.15, 0.2) is 0 Å². The molecule has 1 N–H and O–H groups in total. The van der Waals surface area contributed by atoms with Crippen molar-refractivity contribution >= 4 is 5.69 Å². The van der Waals surface area contributed by atoms with E-state index in [2.05, 4.69) is 5.32 Å². The molecule has 0 aromatic heterocycles. The summed E-state index contributed by atoms with van der Waals surface area (Å²) >= 11 is 0. The quantitative estimate of drug-likeness (QED) is 0.791. The van der Waals surface area contributed by atoms with Crippen molar-refractivity contribution in [2.45, 2.75) is 38.7 Å². The maximum absolute atomic E-state index is 13.5. The smallest absolute Gasteiger partial charge is 0.146 e. The first kappa shape index (κ1) is 12.4. The highest BCUT2D eigenvalue weighted by Crippen LogP contribution is 2.20. The predicted octanol–water partition coefficient (Wildman–Crippen LogP) is 3.51. The zero-order valence-electron chi connectivity index (χ0n) is 10.3. The lowest BCUT2D eigenvalue weighted by atomic mass is 10.1. The molecule has 1 aliphatic rings. The molecule has 3 heteroatoms. The maximum atomic E-state index is 13.5. The van der Waals surface area contributed by atoms with Gasteiger partial charge in [-0.2, -0.15) is 0 Å². The minimum atomic E-state index is -0.165. The van der Waals surface area contributed by atoms with Gasteiger partial charge in [0, 0.05) is 13.2 Å². The number of rotatable bonds is 5. The van der Waals surface area contributed by atoms with Crippen molar-refractivity contribution in [1.29, 1.82) is 0 Å². The SMILES string of the molecule is Cc1cccc(F)c1NCCCC1CCCO1. The van der Waals surface area contributed by atoms with E-state index in [0.29, 0.717) is 11.8 Å². The van der Waals surface area contributed by atoms with E-state index < -0.39 is 0 Å². The summed E-state index contributed by atoms with van der Waals surface area (Å²) in [6, 6.07) is 5.16. The molecule has 0 bridgehead atoms. The summed E-state index contributed by atoms with van der Waals surface area (Å²) in [7, 11) is 0. The van der Waals surface area contributed by atoms with E-state index in [1.807, 2.05) is 13.0 Å². The minimum Gasteiger partial charge on any atom is -0.382 e. The van der Waals surface area contributed by atoms with Crippen LogP contribution in [-0.4, -0.2) is 19.3 Å². The Morgan fingerprint density at radius 1 is 1.47 bits per heavy atom. The molecule has 1 atom stereocenters. The largest absolute Gasteiger partial charge is 0.382 e. The first-order valence-corrected chi connectivity index (χ1v) is 6.38. The molecule has 1 aromatic rings. The van der Waals surface area contributed by atoms with Gasteiger partial charge < -0.3 is 10.1 Å². The van der Waals surface area contributed by atoms with Crippen LogP contribution < -0.4 is 5.32 Å². The molecule has 0 amide bonds. The van der Waals surface area contributed by atoms with Crippen LogP contribution in [0.25, 0.3) is 0 Å². The number of para-hydroxylation sites is 1. The minimum absolute atomic E-state index is 0.165. The zero-order chi connectivity index (χ0) is 12.1. The Morgan fingerprint density at radius 2 is 2.35 bits per heavy atom. The van der Waals surface area contributed by atoms with E-state index in [1.54, 1.807) is 6.07 Å². The van der Waals surface area contributed by atoms with Crippen molar-refractivity contribution in [2.24, 2.45) is 0 Å². The van der Waals surface area contributed by atoms with Crippen molar-refractivity contribution in [3.63, 3.8) is 0 Å². The van der Waals surface area contributed by atoms with E-state index in [-0.39, 0.29) is 5.82 Å². The van der Waals surface area contributed by atoms with E-state index in [0.717, 1.165) is 31.6 Å². The average molecular weight is 237 g/mol. The zero-order valence-corrected chi connectivity index (χ0v) is 10.3. The van der Waals surface area contributed by atoms with Crippen molar-refractivity contribution in [3.05, 3.63) is 29.6 Å². The van der Waals surface area contributed by atoms with Gasteiger partial charge in [-0.1, -0.05) is 12.1 Å². The van der Waals surface area contributed by atoms with Gasteiger partial charge in [0.25, 0.3) is 0 Å². The molecule has 1 aromatic carbocycles. The van der Waals surface area contributed by atoms with Gasteiger partial charge in [-0.15, -0.1) is 0 Å². The number of hydrogen-bond donors (Lipinski definition) is 1. The van der Waals surface area contributed by atoms with Crippen LogP contribution in [0.3, 0.4) is 0 Å². The van der Waals surface area contributed by atoms with Gasteiger partial charge >= 0.3 is 0 Å². The summed E-state index contributed by atoms with van der Waals surface area (Å²) in [6.07, 6.45) is 4.89. The van der Waals surface area contributed by atoms with Crippen LogP contribution >= 0.6 is 0 Å². The van der Waals surface area contributed by atoms with Crippen LogP contribution in [0.5, 0.6) is 0 Å². The number of ether oxygens (including phenoxy) is 1. The normalized spacial score (nSPS) is 19.5. The lowest BCUT2D eigenvalue weighted by molar-refractivity contribution is 0.103. The number of halogens is 1. The highest BCUT2D eigenvalue weighted by atomic mass is 19.1. The molecule has 2 rings (SSSR count). The first-order chi connectivity index (χ1) is 8.27. The van der Waals surface area contributed by atoms with Gasteiger partial charge in [-0.3, -0.25) is 0 Å². The molecular weight excluding hydrogens is 217 g/mol. The van der Waals surface area contributed by atoms with Crippen LogP contribution in [0.15, 0.2) is 18.2 Å². The van der Waals surface area contributed by atoms with Gasteiger partial charge in [0.2, 0.25) is 0 Å². The second-order valence-electron chi connectivity index (χ2n) is 4.64. The van der Waals surface area contributed by atoms with Crippen molar-refractivity contribution < 1.29 is 9.13 Å². The third-order valence-corrected chi connectivity index (χ3v) is 3.25. The second kappa shape index (κ2) is 6.01. The predicted molar refractivity (Wildman–Crippen MR) is 67.8 cm³/mol. The fraction of sp³-hybridized carbons (Fsp3) is 0.571. The van der Waals surface area contributed by atoms with E-state index >= 15 is 0 Å². The Hall–Kier alpha value is -1.09.